The van der Waals surface area contributed by atoms with Crippen molar-refractivity contribution in [1.29, 1.82) is 0 Å². The number of hydrogen-bond donors (Lipinski definition) is 1. The summed E-state index contributed by atoms with van der Waals surface area (Å²) in [6.07, 6.45) is 2.03. The first kappa shape index (κ1) is 15.4. The monoisotopic (exact) mass is 285 g/mol. The van der Waals surface area contributed by atoms with Gasteiger partial charge < -0.3 is 10.0 Å². The van der Waals surface area contributed by atoms with Crippen molar-refractivity contribution in [3.8, 4) is 0 Å². The van der Waals surface area contributed by atoms with Gasteiger partial charge in [-0.2, -0.15) is 0 Å². The third kappa shape index (κ3) is 4.02. The molecule has 0 amide bonds. The summed E-state index contributed by atoms with van der Waals surface area (Å²) in [4.78, 5) is 11.1. The van der Waals surface area contributed by atoms with Crippen molar-refractivity contribution >= 4 is 5.69 Å². The van der Waals surface area contributed by atoms with E-state index in [4.69, 9.17) is 0 Å². The Labute approximate surface area is 126 Å². The third-order valence-electron chi connectivity index (χ3n) is 3.54. The predicted molar refractivity (Wildman–Crippen MR) is 85.2 cm³/mol. The molecule has 0 aromatic carbocycles. The van der Waals surface area contributed by atoms with Gasteiger partial charge in [-0.3, -0.25) is 9.97 Å². The Morgan fingerprint density at radius 3 is 2.57 bits per heavy atom. The summed E-state index contributed by atoms with van der Waals surface area (Å²) in [5.41, 5.74) is 3.86. The van der Waals surface area contributed by atoms with Crippen LogP contribution in [-0.2, 0) is 6.54 Å². The molecule has 0 saturated heterocycles. The average Bonchev–Trinajstić information content (AvgIpc) is 2.52. The Balaban J connectivity index is 2.14. The van der Waals surface area contributed by atoms with E-state index in [1.165, 1.54) is 0 Å². The summed E-state index contributed by atoms with van der Waals surface area (Å²) in [6, 6.07) is 9.99. The predicted octanol–water partition coefficient (Wildman–Crippen LogP) is 3.25. The maximum absolute atomic E-state index is 9.80. The molecular formula is C17H23N3O. The normalized spacial score (nSPS) is 12.2. The van der Waals surface area contributed by atoms with E-state index in [1.807, 2.05) is 50.4 Å². The molecule has 21 heavy (non-hydrogen) atoms. The molecule has 2 rings (SSSR count). The highest BCUT2D eigenvalue weighted by molar-refractivity contribution is 5.45. The minimum absolute atomic E-state index is 0.479. The van der Waals surface area contributed by atoms with Gasteiger partial charge in [-0.25, -0.2) is 0 Å². The molecule has 2 aromatic heterocycles. The SMILES string of the molecule is CC[C@H](O)c1ccc(N(CC)Cc2cccc(C)n2)cn1. The maximum Gasteiger partial charge on any atom is 0.0957 e. The minimum atomic E-state index is -0.479. The van der Waals surface area contributed by atoms with E-state index in [0.29, 0.717) is 6.42 Å². The van der Waals surface area contributed by atoms with Gasteiger partial charge >= 0.3 is 0 Å². The summed E-state index contributed by atoms with van der Waals surface area (Å²) in [7, 11) is 0. The third-order valence-corrected chi connectivity index (χ3v) is 3.54. The van der Waals surface area contributed by atoms with E-state index in [1.54, 1.807) is 0 Å². The lowest BCUT2D eigenvalue weighted by Gasteiger charge is -2.23. The molecule has 2 heterocycles. The summed E-state index contributed by atoms with van der Waals surface area (Å²) in [5.74, 6) is 0. The number of aromatic nitrogens is 2. The number of aliphatic hydroxyl groups is 1. The van der Waals surface area contributed by atoms with Gasteiger partial charge in [0.05, 0.1) is 35.9 Å². The average molecular weight is 285 g/mol. The number of aryl methyl sites for hydroxylation is 1. The Morgan fingerprint density at radius 2 is 2.00 bits per heavy atom. The molecule has 112 valence electrons. The second kappa shape index (κ2) is 7.18. The number of pyridine rings is 2. The Bertz CT molecular complexity index is 569. The molecule has 0 aliphatic heterocycles. The van der Waals surface area contributed by atoms with E-state index >= 15 is 0 Å². The molecular weight excluding hydrogens is 262 g/mol. The van der Waals surface area contributed by atoms with Crippen molar-refractivity contribution in [3.63, 3.8) is 0 Å². The zero-order chi connectivity index (χ0) is 15.2. The van der Waals surface area contributed by atoms with Crippen molar-refractivity contribution < 1.29 is 5.11 Å². The molecule has 4 heteroatoms. The molecule has 0 aliphatic carbocycles. The van der Waals surface area contributed by atoms with E-state index in [-0.39, 0.29) is 0 Å². The lowest BCUT2D eigenvalue weighted by molar-refractivity contribution is 0.169. The van der Waals surface area contributed by atoms with E-state index in [0.717, 1.165) is 35.9 Å². The van der Waals surface area contributed by atoms with Gasteiger partial charge in [-0.15, -0.1) is 0 Å². The van der Waals surface area contributed by atoms with Crippen LogP contribution in [0.1, 0.15) is 43.5 Å². The largest absolute Gasteiger partial charge is 0.387 e. The molecule has 0 aliphatic rings. The fourth-order valence-electron chi connectivity index (χ4n) is 2.26. The van der Waals surface area contributed by atoms with Crippen LogP contribution >= 0.6 is 0 Å². The first-order valence-corrected chi connectivity index (χ1v) is 7.45. The van der Waals surface area contributed by atoms with Crippen LogP contribution in [0.25, 0.3) is 0 Å². The molecule has 4 nitrogen and oxygen atoms in total. The Kier molecular flexibility index (Phi) is 5.28. The fourth-order valence-corrected chi connectivity index (χ4v) is 2.26. The number of aliphatic hydroxyl groups excluding tert-OH is 1. The van der Waals surface area contributed by atoms with Crippen LogP contribution in [0.4, 0.5) is 5.69 Å². The minimum Gasteiger partial charge on any atom is -0.387 e. The smallest absolute Gasteiger partial charge is 0.0957 e. The van der Waals surface area contributed by atoms with Crippen LogP contribution < -0.4 is 4.90 Å². The molecule has 2 aromatic rings. The van der Waals surface area contributed by atoms with Crippen LogP contribution in [0.2, 0.25) is 0 Å². The second-order valence-electron chi connectivity index (χ2n) is 5.15. The highest BCUT2D eigenvalue weighted by Gasteiger charge is 2.10. The molecule has 0 bridgehead atoms. The van der Waals surface area contributed by atoms with Crippen molar-refractivity contribution in [1.82, 2.24) is 9.97 Å². The zero-order valence-electron chi connectivity index (χ0n) is 13.0. The number of nitrogens with zero attached hydrogens (tertiary/aromatic N) is 3. The quantitative estimate of drug-likeness (QED) is 0.885. The summed E-state index contributed by atoms with van der Waals surface area (Å²) in [5, 5.41) is 9.80. The summed E-state index contributed by atoms with van der Waals surface area (Å²) >= 11 is 0. The van der Waals surface area contributed by atoms with Crippen molar-refractivity contribution in [2.45, 2.75) is 39.8 Å². The van der Waals surface area contributed by atoms with E-state index in [9.17, 15) is 5.11 Å². The van der Waals surface area contributed by atoms with Gasteiger partial charge in [0.1, 0.15) is 0 Å². The van der Waals surface area contributed by atoms with E-state index in [2.05, 4.69) is 21.8 Å². The summed E-state index contributed by atoms with van der Waals surface area (Å²) in [6.45, 7) is 7.71. The first-order valence-electron chi connectivity index (χ1n) is 7.45. The lowest BCUT2D eigenvalue weighted by atomic mass is 10.2. The van der Waals surface area contributed by atoms with Gasteiger partial charge in [-0.05, 0) is 44.5 Å². The highest BCUT2D eigenvalue weighted by atomic mass is 16.3. The van der Waals surface area contributed by atoms with Crippen molar-refractivity contribution in [3.05, 3.63) is 53.6 Å². The van der Waals surface area contributed by atoms with Crippen LogP contribution in [0, 0.1) is 6.92 Å². The number of hydrogen-bond acceptors (Lipinski definition) is 4. The molecule has 0 radical (unpaired) electrons. The highest BCUT2D eigenvalue weighted by Crippen LogP contribution is 2.19. The molecule has 0 fully saturated rings. The van der Waals surface area contributed by atoms with Crippen LogP contribution in [-0.4, -0.2) is 21.6 Å². The zero-order valence-corrected chi connectivity index (χ0v) is 13.0. The molecule has 0 saturated carbocycles. The van der Waals surface area contributed by atoms with Crippen molar-refractivity contribution in [2.75, 3.05) is 11.4 Å². The van der Waals surface area contributed by atoms with Gasteiger partial charge in [0.25, 0.3) is 0 Å². The lowest BCUT2D eigenvalue weighted by Crippen LogP contribution is -2.23. The van der Waals surface area contributed by atoms with Gasteiger partial charge in [-0.1, -0.05) is 13.0 Å². The number of anilines is 1. The Hall–Kier alpha value is -1.94. The topological polar surface area (TPSA) is 49.2 Å². The Morgan fingerprint density at radius 1 is 1.19 bits per heavy atom. The van der Waals surface area contributed by atoms with Gasteiger partial charge in [0, 0.05) is 12.2 Å². The van der Waals surface area contributed by atoms with Crippen molar-refractivity contribution in [2.24, 2.45) is 0 Å². The van der Waals surface area contributed by atoms with Gasteiger partial charge in [0.2, 0.25) is 0 Å². The standard InChI is InChI=1S/C17H23N3O/c1-4-17(21)16-10-9-15(11-18-16)20(5-2)12-14-8-6-7-13(3)19-14/h6-11,17,21H,4-5,12H2,1-3H3/t17-/m0/s1. The van der Waals surface area contributed by atoms with Crippen LogP contribution in [0.3, 0.4) is 0 Å². The first-order chi connectivity index (χ1) is 10.1. The molecule has 0 unspecified atom stereocenters. The molecule has 1 N–H and O–H groups in total. The fraction of sp³-hybridized carbons (Fsp3) is 0.412. The summed E-state index contributed by atoms with van der Waals surface area (Å²) < 4.78 is 0. The van der Waals surface area contributed by atoms with Crippen LogP contribution in [0.5, 0.6) is 0 Å². The molecule has 0 spiro atoms. The molecule has 1 atom stereocenters. The number of rotatable bonds is 6. The second-order valence-corrected chi connectivity index (χ2v) is 5.15. The van der Waals surface area contributed by atoms with Gasteiger partial charge in [0.15, 0.2) is 0 Å². The van der Waals surface area contributed by atoms with Crippen LogP contribution in [0.15, 0.2) is 36.5 Å². The maximum atomic E-state index is 9.80. The van der Waals surface area contributed by atoms with E-state index < -0.39 is 6.10 Å².